The molecule has 0 radical (unpaired) electrons. The summed E-state index contributed by atoms with van der Waals surface area (Å²) in [5.74, 6) is -0.236. The fourth-order valence-corrected chi connectivity index (χ4v) is 3.18. The van der Waals surface area contributed by atoms with Crippen LogP contribution in [-0.2, 0) is 13.0 Å². The standard InChI is InChI=1S/C18H19N5O2.2ClH/c24-17(16-7-11-3-1-2-4-13(11)9-19-16)10-20-18(25)12-5-6-14-15(8-12)22-23-21-14;;/h1-6,8,16-17,19,24H,7,9-10H2,(H,20,25)(H,21,22,23);2*1H. The van der Waals surface area contributed by atoms with Gasteiger partial charge >= 0.3 is 0 Å². The Bertz CT molecular complexity index is 917. The number of carbonyl (C=O) groups is 1. The van der Waals surface area contributed by atoms with E-state index < -0.39 is 6.10 Å². The van der Waals surface area contributed by atoms with Crippen molar-refractivity contribution >= 4 is 41.8 Å². The van der Waals surface area contributed by atoms with E-state index in [2.05, 4.69) is 38.2 Å². The number of fused-ring (bicyclic) bond motifs is 2. The largest absolute Gasteiger partial charge is 0.390 e. The fourth-order valence-electron chi connectivity index (χ4n) is 3.18. The molecule has 0 aliphatic carbocycles. The third kappa shape index (κ3) is 4.56. The van der Waals surface area contributed by atoms with Gasteiger partial charge in [-0.05, 0) is 35.7 Å². The summed E-state index contributed by atoms with van der Waals surface area (Å²) in [6.45, 7) is 0.921. The molecule has 7 nitrogen and oxygen atoms in total. The summed E-state index contributed by atoms with van der Waals surface area (Å²) in [7, 11) is 0. The maximum Gasteiger partial charge on any atom is 0.251 e. The number of hydrogen-bond acceptors (Lipinski definition) is 5. The number of nitrogens with one attached hydrogen (secondary N) is 3. The number of H-pyrrole nitrogens is 1. The maximum absolute atomic E-state index is 12.3. The first kappa shape index (κ1) is 21.1. The Hall–Kier alpha value is -2.19. The van der Waals surface area contributed by atoms with Crippen LogP contribution < -0.4 is 10.6 Å². The molecular formula is C18H21Cl2N5O2. The zero-order valence-electron chi connectivity index (χ0n) is 14.4. The second kappa shape index (κ2) is 9.14. The summed E-state index contributed by atoms with van der Waals surface area (Å²) in [6, 6.07) is 13.3. The lowest BCUT2D eigenvalue weighted by Crippen LogP contribution is -2.49. The Morgan fingerprint density at radius 3 is 2.81 bits per heavy atom. The van der Waals surface area contributed by atoms with Crippen molar-refractivity contribution in [3.63, 3.8) is 0 Å². The summed E-state index contributed by atoms with van der Waals surface area (Å²) in [5.41, 5.74) is 4.42. The number of amides is 1. The van der Waals surface area contributed by atoms with E-state index in [0.29, 0.717) is 11.1 Å². The normalized spacial score (nSPS) is 16.6. The van der Waals surface area contributed by atoms with Gasteiger partial charge in [-0.3, -0.25) is 9.89 Å². The molecule has 0 saturated carbocycles. The number of carbonyl (C=O) groups excluding carboxylic acids is 1. The summed E-state index contributed by atoms with van der Waals surface area (Å²) in [6.07, 6.45) is 0.0889. The molecule has 2 atom stereocenters. The number of nitrogens with zero attached hydrogens (tertiary/aromatic N) is 2. The molecule has 1 aromatic heterocycles. The summed E-state index contributed by atoms with van der Waals surface area (Å²) in [4.78, 5) is 12.3. The predicted octanol–water partition coefficient (Wildman–Crippen LogP) is 1.61. The van der Waals surface area contributed by atoms with Gasteiger partial charge in [0.1, 0.15) is 5.52 Å². The van der Waals surface area contributed by atoms with Crippen molar-refractivity contribution in [2.24, 2.45) is 0 Å². The fraction of sp³-hybridized carbons (Fsp3) is 0.278. The molecule has 3 aromatic rings. The number of benzene rings is 2. The van der Waals surface area contributed by atoms with E-state index in [0.717, 1.165) is 18.5 Å². The minimum absolute atomic E-state index is 0. The monoisotopic (exact) mass is 409 g/mol. The zero-order valence-corrected chi connectivity index (χ0v) is 16.0. The Labute approximate surface area is 168 Å². The van der Waals surface area contributed by atoms with Crippen molar-refractivity contribution in [3.05, 3.63) is 59.2 Å². The van der Waals surface area contributed by atoms with E-state index in [1.165, 1.54) is 11.1 Å². The summed E-state index contributed by atoms with van der Waals surface area (Å²) >= 11 is 0. The van der Waals surface area contributed by atoms with Gasteiger partial charge in [0.25, 0.3) is 5.91 Å². The van der Waals surface area contributed by atoms with Crippen LogP contribution in [0.25, 0.3) is 11.0 Å². The molecule has 9 heteroatoms. The molecule has 144 valence electrons. The molecule has 1 aliphatic rings. The molecule has 4 rings (SSSR count). The molecule has 4 N–H and O–H groups in total. The summed E-state index contributed by atoms with van der Waals surface area (Å²) in [5, 5.41) is 26.9. The topological polar surface area (TPSA) is 103 Å². The number of aliphatic hydroxyl groups is 1. The number of aromatic amines is 1. The van der Waals surface area contributed by atoms with Gasteiger partial charge < -0.3 is 15.7 Å². The second-order valence-electron chi connectivity index (χ2n) is 6.28. The second-order valence-corrected chi connectivity index (χ2v) is 6.28. The van der Waals surface area contributed by atoms with Crippen LogP contribution in [0.2, 0.25) is 0 Å². The van der Waals surface area contributed by atoms with Gasteiger partial charge in [0.05, 0.1) is 11.6 Å². The minimum Gasteiger partial charge on any atom is -0.390 e. The van der Waals surface area contributed by atoms with Gasteiger partial charge in [0.15, 0.2) is 0 Å². The molecule has 2 unspecified atom stereocenters. The van der Waals surface area contributed by atoms with E-state index in [-0.39, 0.29) is 43.3 Å². The lowest BCUT2D eigenvalue weighted by molar-refractivity contribution is 0.0870. The Kier molecular flexibility index (Phi) is 7.15. The quantitative estimate of drug-likeness (QED) is 0.524. The Balaban J connectivity index is 0.00000131. The predicted molar refractivity (Wildman–Crippen MR) is 107 cm³/mol. The van der Waals surface area contributed by atoms with Crippen LogP contribution in [0, 0.1) is 0 Å². The molecule has 0 fully saturated rings. The Morgan fingerprint density at radius 2 is 2.00 bits per heavy atom. The van der Waals surface area contributed by atoms with Crippen molar-refractivity contribution in [2.75, 3.05) is 6.54 Å². The van der Waals surface area contributed by atoms with Crippen molar-refractivity contribution < 1.29 is 9.90 Å². The van der Waals surface area contributed by atoms with Gasteiger partial charge in [0.2, 0.25) is 0 Å². The van der Waals surface area contributed by atoms with Gasteiger partial charge in [-0.1, -0.05) is 29.5 Å². The third-order valence-electron chi connectivity index (χ3n) is 4.64. The van der Waals surface area contributed by atoms with Crippen LogP contribution in [0.5, 0.6) is 0 Å². The minimum atomic E-state index is -0.659. The van der Waals surface area contributed by atoms with Gasteiger partial charge in [-0.2, -0.15) is 0 Å². The SMILES string of the molecule is Cl.Cl.O=C(NCC(O)C1Cc2ccccc2CN1)c1ccc2[nH]nnc2c1. The van der Waals surface area contributed by atoms with Crippen molar-refractivity contribution in [2.45, 2.75) is 25.1 Å². The van der Waals surface area contributed by atoms with Gasteiger partial charge in [-0.25, -0.2) is 0 Å². The molecule has 0 bridgehead atoms. The molecule has 1 aliphatic heterocycles. The van der Waals surface area contributed by atoms with Crippen LogP contribution in [-0.4, -0.2) is 45.1 Å². The first-order chi connectivity index (χ1) is 12.2. The number of aromatic nitrogens is 3. The molecule has 2 aromatic carbocycles. The molecular weight excluding hydrogens is 389 g/mol. The third-order valence-corrected chi connectivity index (χ3v) is 4.64. The lowest BCUT2D eigenvalue weighted by Gasteiger charge is -2.30. The smallest absolute Gasteiger partial charge is 0.251 e. The highest BCUT2D eigenvalue weighted by molar-refractivity contribution is 5.97. The number of rotatable bonds is 4. The number of hydrogen-bond donors (Lipinski definition) is 4. The molecule has 0 spiro atoms. The first-order valence-electron chi connectivity index (χ1n) is 8.28. The van der Waals surface area contributed by atoms with Crippen LogP contribution in [0.4, 0.5) is 0 Å². The zero-order chi connectivity index (χ0) is 17.2. The van der Waals surface area contributed by atoms with Crippen LogP contribution in [0.15, 0.2) is 42.5 Å². The van der Waals surface area contributed by atoms with Gasteiger partial charge in [-0.15, -0.1) is 29.9 Å². The first-order valence-corrected chi connectivity index (χ1v) is 8.28. The van der Waals surface area contributed by atoms with Crippen molar-refractivity contribution in [1.82, 2.24) is 26.0 Å². The highest BCUT2D eigenvalue weighted by Crippen LogP contribution is 2.18. The van der Waals surface area contributed by atoms with E-state index >= 15 is 0 Å². The maximum atomic E-state index is 12.3. The number of halogens is 2. The molecule has 27 heavy (non-hydrogen) atoms. The average Bonchev–Trinajstić information content (AvgIpc) is 3.13. The van der Waals surface area contributed by atoms with Crippen LogP contribution in [0.3, 0.4) is 0 Å². The van der Waals surface area contributed by atoms with Gasteiger partial charge in [0, 0.05) is 24.7 Å². The van der Waals surface area contributed by atoms with Crippen molar-refractivity contribution in [1.29, 1.82) is 0 Å². The Morgan fingerprint density at radius 1 is 1.22 bits per heavy atom. The van der Waals surface area contributed by atoms with E-state index in [4.69, 9.17) is 0 Å². The molecule has 0 saturated heterocycles. The van der Waals surface area contributed by atoms with Crippen LogP contribution in [0.1, 0.15) is 21.5 Å². The molecule has 1 amide bonds. The average molecular weight is 410 g/mol. The highest BCUT2D eigenvalue weighted by Gasteiger charge is 2.24. The van der Waals surface area contributed by atoms with Crippen molar-refractivity contribution in [3.8, 4) is 0 Å². The van der Waals surface area contributed by atoms with E-state index in [1.807, 2.05) is 12.1 Å². The van der Waals surface area contributed by atoms with E-state index in [9.17, 15) is 9.90 Å². The van der Waals surface area contributed by atoms with E-state index in [1.54, 1.807) is 18.2 Å². The number of aliphatic hydroxyl groups excluding tert-OH is 1. The van der Waals surface area contributed by atoms with Crippen LogP contribution >= 0.6 is 24.8 Å². The lowest BCUT2D eigenvalue weighted by atomic mass is 9.93. The molecule has 2 heterocycles. The highest BCUT2D eigenvalue weighted by atomic mass is 35.5. The summed E-state index contributed by atoms with van der Waals surface area (Å²) < 4.78 is 0.